The molecule has 0 heterocycles. The Hall–Kier alpha value is -1.27. The van der Waals surface area contributed by atoms with Gasteiger partial charge in [-0.1, -0.05) is 19.8 Å². The summed E-state index contributed by atoms with van der Waals surface area (Å²) in [5, 5.41) is 0. The minimum absolute atomic E-state index is 0.0142. The molecule has 1 aliphatic carbocycles. The number of nitrogens with one attached hydrogen (secondary N) is 1. The first-order valence-corrected chi connectivity index (χ1v) is 8.70. The third-order valence-corrected chi connectivity index (χ3v) is 5.59. The van der Waals surface area contributed by atoms with Crippen molar-refractivity contribution in [2.45, 2.75) is 43.5 Å². The first kappa shape index (κ1) is 16.1. The van der Waals surface area contributed by atoms with Crippen LogP contribution < -0.4 is 14.2 Å². The Morgan fingerprint density at radius 1 is 1.14 bits per heavy atom. The molecular formula is C15H23NO4S. The Morgan fingerprint density at radius 2 is 1.86 bits per heavy atom. The highest BCUT2D eigenvalue weighted by Crippen LogP contribution is 2.30. The quantitative estimate of drug-likeness (QED) is 0.907. The summed E-state index contributed by atoms with van der Waals surface area (Å²) in [6, 6.07) is 4.77. The number of hydrogen-bond donors (Lipinski definition) is 1. The first-order valence-electron chi connectivity index (χ1n) is 7.22. The summed E-state index contributed by atoms with van der Waals surface area (Å²) < 4.78 is 38.4. The topological polar surface area (TPSA) is 64.6 Å². The molecule has 0 aromatic heterocycles. The number of ether oxygens (including phenoxy) is 2. The average molecular weight is 313 g/mol. The monoisotopic (exact) mass is 313 g/mol. The average Bonchev–Trinajstić information content (AvgIpc) is 2.48. The number of hydrogen-bond acceptors (Lipinski definition) is 4. The zero-order valence-corrected chi connectivity index (χ0v) is 13.6. The predicted octanol–water partition coefficient (Wildman–Crippen LogP) is 2.56. The van der Waals surface area contributed by atoms with Crippen molar-refractivity contribution in [3.05, 3.63) is 18.2 Å². The number of rotatable bonds is 5. The summed E-state index contributed by atoms with van der Waals surface area (Å²) in [5.74, 6) is 1.17. The lowest BCUT2D eigenvalue weighted by Crippen LogP contribution is -2.41. The molecule has 0 bridgehead atoms. The zero-order chi connectivity index (χ0) is 15.5. The van der Waals surface area contributed by atoms with Gasteiger partial charge in [-0.2, -0.15) is 0 Å². The van der Waals surface area contributed by atoms with E-state index in [1.165, 1.54) is 26.7 Å². The maximum absolute atomic E-state index is 12.6. The van der Waals surface area contributed by atoms with Gasteiger partial charge in [-0.05, 0) is 30.9 Å². The minimum Gasteiger partial charge on any atom is -0.497 e. The minimum atomic E-state index is -3.62. The van der Waals surface area contributed by atoms with Crippen molar-refractivity contribution in [2.75, 3.05) is 14.2 Å². The van der Waals surface area contributed by atoms with Crippen LogP contribution in [0, 0.1) is 5.92 Å². The zero-order valence-electron chi connectivity index (χ0n) is 12.8. The van der Waals surface area contributed by atoms with Crippen LogP contribution in [0.3, 0.4) is 0 Å². The van der Waals surface area contributed by atoms with Crippen molar-refractivity contribution in [2.24, 2.45) is 5.92 Å². The molecule has 6 heteroatoms. The number of sulfonamides is 1. The fourth-order valence-corrected chi connectivity index (χ4v) is 4.31. The van der Waals surface area contributed by atoms with Gasteiger partial charge in [0.15, 0.2) is 0 Å². The summed E-state index contributed by atoms with van der Waals surface area (Å²) in [5.41, 5.74) is 0. The van der Waals surface area contributed by atoms with E-state index in [1.54, 1.807) is 12.1 Å². The van der Waals surface area contributed by atoms with Crippen LogP contribution in [-0.2, 0) is 10.0 Å². The van der Waals surface area contributed by atoms with Crippen LogP contribution in [0.4, 0.5) is 0 Å². The summed E-state index contributed by atoms with van der Waals surface area (Å²) in [6.07, 6.45) is 4.17. The summed E-state index contributed by atoms with van der Waals surface area (Å²) in [4.78, 5) is 0.127. The largest absolute Gasteiger partial charge is 0.497 e. The van der Waals surface area contributed by atoms with Crippen molar-refractivity contribution < 1.29 is 17.9 Å². The lowest BCUT2D eigenvalue weighted by atomic mass is 9.87. The van der Waals surface area contributed by atoms with Gasteiger partial charge in [0, 0.05) is 12.1 Å². The van der Waals surface area contributed by atoms with E-state index < -0.39 is 10.0 Å². The fraction of sp³-hybridized carbons (Fsp3) is 0.600. The molecule has 1 aromatic rings. The molecule has 0 amide bonds. The van der Waals surface area contributed by atoms with E-state index >= 15 is 0 Å². The van der Waals surface area contributed by atoms with Crippen LogP contribution in [0.25, 0.3) is 0 Å². The molecule has 2 atom stereocenters. The fourth-order valence-electron chi connectivity index (χ4n) is 2.75. The molecule has 1 saturated carbocycles. The molecule has 0 spiro atoms. The van der Waals surface area contributed by atoms with E-state index in [4.69, 9.17) is 9.47 Å². The maximum atomic E-state index is 12.6. The highest BCUT2D eigenvalue weighted by Gasteiger charge is 2.28. The van der Waals surface area contributed by atoms with Crippen molar-refractivity contribution in [3.63, 3.8) is 0 Å². The summed E-state index contributed by atoms with van der Waals surface area (Å²) >= 11 is 0. The van der Waals surface area contributed by atoms with Gasteiger partial charge in [0.2, 0.25) is 10.0 Å². The summed E-state index contributed by atoms with van der Waals surface area (Å²) in [7, 11) is -0.652. The van der Waals surface area contributed by atoms with Crippen LogP contribution in [-0.4, -0.2) is 28.7 Å². The van der Waals surface area contributed by atoms with Crippen molar-refractivity contribution >= 4 is 10.0 Å². The van der Waals surface area contributed by atoms with Gasteiger partial charge < -0.3 is 9.47 Å². The lowest BCUT2D eigenvalue weighted by molar-refractivity contribution is 0.310. The molecule has 1 N–H and O–H groups in total. The molecule has 1 fully saturated rings. The molecule has 118 valence electrons. The molecule has 5 nitrogen and oxygen atoms in total. The van der Waals surface area contributed by atoms with Crippen LogP contribution in [0.1, 0.15) is 32.6 Å². The van der Waals surface area contributed by atoms with Gasteiger partial charge in [-0.25, -0.2) is 13.1 Å². The molecule has 21 heavy (non-hydrogen) atoms. The van der Waals surface area contributed by atoms with Gasteiger partial charge in [0.25, 0.3) is 0 Å². The Balaban J connectivity index is 2.30. The molecule has 0 unspecified atom stereocenters. The predicted molar refractivity (Wildman–Crippen MR) is 81.3 cm³/mol. The summed E-state index contributed by atoms with van der Waals surface area (Å²) in [6.45, 7) is 2.09. The third kappa shape index (κ3) is 3.68. The van der Waals surface area contributed by atoms with Crippen molar-refractivity contribution in [1.82, 2.24) is 4.72 Å². The lowest BCUT2D eigenvalue weighted by Gasteiger charge is -2.29. The highest BCUT2D eigenvalue weighted by atomic mass is 32.2. The van der Waals surface area contributed by atoms with E-state index in [0.717, 1.165) is 19.3 Å². The molecule has 1 aliphatic rings. The second-order valence-corrected chi connectivity index (χ2v) is 7.19. The van der Waals surface area contributed by atoms with Crippen LogP contribution in [0.5, 0.6) is 11.5 Å². The number of methoxy groups -OCH3 is 2. The van der Waals surface area contributed by atoms with Crippen LogP contribution in [0.2, 0.25) is 0 Å². The number of benzene rings is 1. The van der Waals surface area contributed by atoms with Gasteiger partial charge in [-0.3, -0.25) is 0 Å². The molecular weight excluding hydrogens is 290 g/mol. The molecule has 0 aliphatic heterocycles. The van der Waals surface area contributed by atoms with E-state index in [0.29, 0.717) is 17.4 Å². The highest BCUT2D eigenvalue weighted by molar-refractivity contribution is 7.89. The normalized spacial score (nSPS) is 22.8. The van der Waals surface area contributed by atoms with Gasteiger partial charge in [-0.15, -0.1) is 0 Å². The van der Waals surface area contributed by atoms with E-state index in [-0.39, 0.29) is 10.9 Å². The van der Waals surface area contributed by atoms with Crippen LogP contribution in [0.15, 0.2) is 23.1 Å². The second kappa shape index (κ2) is 6.66. The Morgan fingerprint density at radius 3 is 2.48 bits per heavy atom. The molecule has 0 radical (unpaired) electrons. The van der Waals surface area contributed by atoms with Gasteiger partial charge in [0.05, 0.1) is 14.2 Å². The molecule has 0 saturated heterocycles. The Labute approximate surface area is 126 Å². The smallest absolute Gasteiger partial charge is 0.244 e. The second-order valence-electron chi connectivity index (χ2n) is 5.51. The van der Waals surface area contributed by atoms with Gasteiger partial charge >= 0.3 is 0 Å². The molecule has 2 rings (SSSR count). The Kier molecular flexibility index (Phi) is 5.11. The van der Waals surface area contributed by atoms with Crippen LogP contribution >= 0.6 is 0 Å². The maximum Gasteiger partial charge on any atom is 0.244 e. The molecule has 1 aromatic carbocycles. The van der Waals surface area contributed by atoms with E-state index in [1.807, 2.05) is 0 Å². The standard InChI is InChI=1S/C15H23NO4S/c1-11-6-4-5-7-13(11)16-21(17,18)15-10-12(19-2)8-9-14(15)20-3/h8-11,13,16H,4-7H2,1-3H3/t11-,13+/m0/s1. The third-order valence-electron chi connectivity index (χ3n) is 4.08. The van der Waals surface area contributed by atoms with Gasteiger partial charge in [0.1, 0.15) is 16.4 Å². The first-order chi connectivity index (χ1) is 9.97. The van der Waals surface area contributed by atoms with E-state index in [9.17, 15) is 8.42 Å². The van der Waals surface area contributed by atoms with Crippen molar-refractivity contribution in [3.8, 4) is 11.5 Å². The Bertz CT molecular complexity index is 585. The van der Waals surface area contributed by atoms with E-state index in [2.05, 4.69) is 11.6 Å². The van der Waals surface area contributed by atoms with Crippen molar-refractivity contribution in [1.29, 1.82) is 0 Å². The SMILES string of the molecule is COc1ccc(OC)c(S(=O)(=O)N[C@@H]2CCCC[C@@H]2C)c1.